The van der Waals surface area contributed by atoms with E-state index in [1.807, 2.05) is 19.1 Å². The van der Waals surface area contributed by atoms with Gasteiger partial charge in [-0.05, 0) is 37.3 Å². The van der Waals surface area contributed by atoms with Crippen LogP contribution in [0.3, 0.4) is 0 Å². The van der Waals surface area contributed by atoms with Crippen LogP contribution in [0.1, 0.15) is 11.1 Å². The Morgan fingerprint density at radius 2 is 1.79 bits per heavy atom. The summed E-state index contributed by atoms with van der Waals surface area (Å²) in [6.45, 7) is 2.06. The number of rotatable bonds is 5. The Balaban J connectivity index is 1.76. The van der Waals surface area contributed by atoms with Crippen molar-refractivity contribution in [3.05, 3.63) is 59.7 Å². The van der Waals surface area contributed by atoms with Gasteiger partial charge in [-0.3, -0.25) is 5.32 Å². The van der Waals surface area contributed by atoms with Gasteiger partial charge in [0.2, 0.25) is 0 Å². The van der Waals surface area contributed by atoms with Gasteiger partial charge in [0.05, 0.1) is 5.56 Å². The van der Waals surface area contributed by atoms with Gasteiger partial charge >= 0.3 is 12.3 Å². The first-order chi connectivity index (χ1) is 11.3. The summed E-state index contributed by atoms with van der Waals surface area (Å²) in [6.07, 6.45) is -5.31. The topological polar surface area (TPSA) is 47.6 Å². The van der Waals surface area contributed by atoms with Crippen LogP contribution < -0.4 is 10.1 Å². The third-order valence-corrected chi connectivity index (χ3v) is 3.04. The number of ether oxygens (including phenoxy) is 2. The highest BCUT2D eigenvalue weighted by Crippen LogP contribution is 2.30. The first kappa shape index (κ1) is 17.7. The van der Waals surface area contributed by atoms with Crippen molar-refractivity contribution in [1.82, 2.24) is 0 Å². The van der Waals surface area contributed by atoms with Crippen LogP contribution in [0, 0.1) is 6.92 Å². The van der Waals surface area contributed by atoms with Gasteiger partial charge in [-0.25, -0.2) is 4.79 Å². The van der Waals surface area contributed by atoms with Gasteiger partial charge in [0.15, 0.2) is 0 Å². The lowest BCUT2D eigenvalue weighted by atomic mass is 10.2. The lowest BCUT2D eigenvalue weighted by Gasteiger charge is -2.11. The molecule has 0 atom stereocenters. The minimum absolute atomic E-state index is 0.00859. The molecular weight excluding hydrogens is 323 g/mol. The van der Waals surface area contributed by atoms with Crippen molar-refractivity contribution in [2.45, 2.75) is 13.1 Å². The maximum Gasteiger partial charge on any atom is 0.416 e. The second-order valence-electron chi connectivity index (χ2n) is 5.00. The molecule has 4 nitrogen and oxygen atoms in total. The second kappa shape index (κ2) is 7.72. The number of alkyl halides is 3. The highest BCUT2D eigenvalue weighted by molar-refractivity contribution is 5.84. The van der Waals surface area contributed by atoms with E-state index >= 15 is 0 Å². The van der Waals surface area contributed by atoms with Gasteiger partial charge in [-0.2, -0.15) is 13.2 Å². The van der Waals surface area contributed by atoms with E-state index in [0.717, 1.165) is 17.7 Å². The van der Waals surface area contributed by atoms with Gasteiger partial charge in [0, 0.05) is 5.69 Å². The summed E-state index contributed by atoms with van der Waals surface area (Å²) in [6, 6.07) is 11.7. The van der Waals surface area contributed by atoms with Gasteiger partial charge in [0.1, 0.15) is 19.0 Å². The number of halogens is 3. The number of anilines is 1. The zero-order valence-corrected chi connectivity index (χ0v) is 12.9. The van der Waals surface area contributed by atoms with E-state index in [9.17, 15) is 18.0 Å². The lowest BCUT2D eigenvalue weighted by molar-refractivity contribution is -0.137. The fourth-order valence-corrected chi connectivity index (χ4v) is 1.86. The molecule has 2 rings (SSSR count). The van der Waals surface area contributed by atoms with Crippen molar-refractivity contribution in [2.75, 3.05) is 18.5 Å². The second-order valence-corrected chi connectivity index (χ2v) is 5.00. The molecule has 0 saturated carbocycles. The summed E-state index contributed by atoms with van der Waals surface area (Å²) < 4.78 is 48.0. The first-order valence-corrected chi connectivity index (χ1v) is 7.15. The Morgan fingerprint density at radius 3 is 2.46 bits per heavy atom. The van der Waals surface area contributed by atoms with Crippen LogP contribution >= 0.6 is 0 Å². The van der Waals surface area contributed by atoms with E-state index < -0.39 is 17.8 Å². The van der Waals surface area contributed by atoms with Gasteiger partial charge in [-0.1, -0.05) is 23.8 Å². The molecule has 0 aromatic heterocycles. The van der Waals surface area contributed by atoms with Crippen LogP contribution in [0.25, 0.3) is 0 Å². The maximum absolute atomic E-state index is 12.6. The summed E-state index contributed by atoms with van der Waals surface area (Å²) in [5.41, 5.74) is 0.261. The molecule has 0 heterocycles. The molecule has 0 aliphatic rings. The number of aryl methyl sites for hydroxylation is 1. The molecule has 0 saturated heterocycles. The smallest absolute Gasteiger partial charge is 0.416 e. The number of hydrogen-bond donors (Lipinski definition) is 1. The number of carbonyl (C=O) groups is 1. The minimum Gasteiger partial charge on any atom is -0.490 e. The molecule has 0 aliphatic carbocycles. The lowest BCUT2D eigenvalue weighted by Crippen LogP contribution is -2.18. The summed E-state index contributed by atoms with van der Waals surface area (Å²) in [7, 11) is 0. The van der Waals surface area contributed by atoms with E-state index in [1.54, 1.807) is 12.1 Å². The predicted molar refractivity (Wildman–Crippen MR) is 83.1 cm³/mol. The van der Waals surface area contributed by atoms with E-state index in [-0.39, 0.29) is 18.9 Å². The van der Waals surface area contributed by atoms with Crippen LogP contribution in [-0.2, 0) is 10.9 Å². The van der Waals surface area contributed by atoms with Crippen LogP contribution in [0.15, 0.2) is 48.5 Å². The van der Waals surface area contributed by atoms with Crippen LogP contribution in [-0.4, -0.2) is 19.3 Å². The molecule has 0 fully saturated rings. The summed E-state index contributed by atoms with van der Waals surface area (Å²) in [4.78, 5) is 11.6. The van der Waals surface area contributed by atoms with Crippen LogP contribution in [0.4, 0.5) is 23.7 Å². The summed E-state index contributed by atoms with van der Waals surface area (Å²) in [5.74, 6) is 0.641. The van der Waals surface area contributed by atoms with Gasteiger partial charge in [-0.15, -0.1) is 0 Å². The fraction of sp³-hybridized carbons (Fsp3) is 0.235. The molecule has 0 unspecified atom stereocenters. The van der Waals surface area contributed by atoms with Gasteiger partial charge in [0.25, 0.3) is 0 Å². The fourth-order valence-electron chi connectivity index (χ4n) is 1.86. The third-order valence-electron chi connectivity index (χ3n) is 3.04. The zero-order valence-electron chi connectivity index (χ0n) is 12.9. The van der Waals surface area contributed by atoms with Crippen molar-refractivity contribution in [1.29, 1.82) is 0 Å². The largest absolute Gasteiger partial charge is 0.490 e. The molecule has 1 N–H and O–H groups in total. The number of nitrogens with one attached hydrogen (secondary N) is 1. The predicted octanol–water partition coefficient (Wildman–Crippen LogP) is 4.64. The van der Waals surface area contributed by atoms with E-state index in [2.05, 4.69) is 5.32 Å². The first-order valence-electron chi connectivity index (χ1n) is 7.15. The molecule has 0 bridgehead atoms. The van der Waals surface area contributed by atoms with Crippen molar-refractivity contribution in [3.8, 4) is 5.75 Å². The normalized spacial score (nSPS) is 11.0. The molecule has 7 heteroatoms. The van der Waals surface area contributed by atoms with Crippen molar-refractivity contribution >= 4 is 11.8 Å². The Labute approximate surface area is 137 Å². The average Bonchev–Trinajstić information content (AvgIpc) is 2.53. The SMILES string of the molecule is Cc1ccc(OCCOC(=O)Nc2cccc(C(F)(F)F)c2)cc1. The summed E-state index contributed by atoms with van der Waals surface area (Å²) in [5, 5.41) is 2.24. The molecule has 2 aromatic carbocycles. The average molecular weight is 339 g/mol. The Bertz CT molecular complexity index is 684. The number of carbonyl (C=O) groups excluding carboxylic acids is 1. The quantitative estimate of drug-likeness (QED) is 0.807. The van der Waals surface area contributed by atoms with E-state index in [4.69, 9.17) is 9.47 Å². The Hall–Kier alpha value is -2.70. The molecule has 0 spiro atoms. The number of amides is 1. The van der Waals surface area contributed by atoms with Crippen molar-refractivity contribution in [3.63, 3.8) is 0 Å². The van der Waals surface area contributed by atoms with Crippen LogP contribution in [0.2, 0.25) is 0 Å². The molecule has 24 heavy (non-hydrogen) atoms. The highest BCUT2D eigenvalue weighted by Gasteiger charge is 2.30. The zero-order chi connectivity index (χ0) is 17.6. The molecule has 1 amide bonds. The third kappa shape index (κ3) is 5.49. The molecule has 0 radical (unpaired) electrons. The summed E-state index contributed by atoms with van der Waals surface area (Å²) >= 11 is 0. The standard InChI is InChI=1S/C17H16F3NO3/c1-12-5-7-15(8-6-12)23-9-10-24-16(22)21-14-4-2-3-13(11-14)17(18,19)20/h2-8,11H,9-10H2,1H3,(H,21,22). The van der Waals surface area contributed by atoms with E-state index in [1.165, 1.54) is 12.1 Å². The number of hydrogen-bond acceptors (Lipinski definition) is 3. The van der Waals surface area contributed by atoms with Crippen molar-refractivity contribution < 1.29 is 27.4 Å². The monoisotopic (exact) mass is 339 g/mol. The van der Waals surface area contributed by atoms with Gasteiger partial charge < -0.3 is 9.47 Å². The van der Waals surface area contributed by atoms with E-state index in [0.29, 0.717) is 5.75 Å². The molecule has 2 aromatic rings. The number of benzene rings is 2. The molecule has 0 aliphatic heterocycles. The maximum atomic E-state index is 12.6. The van der Waals surface area contributed by atoms with Crippen LogP contribution in [0.5, 0.6) is 5.75 Å². The molecule has 128 valence electrons. The molecular formula is C17H16F3NO3. The Kier molecular flexibility index (Phi) is 5.68. The van der Waals surface area contributed by atoms with Crippen molar-refractivity contribution in [2.24, 2.45) is 0 Å². The minimum atomic E-state index is -4.47. The Morgan fingerprint density at radius 1 is 1.08 bits per heavy atom. The highest BCUT2D eigenvalue weighted by atomic mass is 19.4.